The van der Waals surface area contributed by atoms with Crippen molar-refractivity contribution in [1.29, 1.82) is 0 Å². The first-order valence-corrected chi connectivity index (χ1v) is 14.7. The smallest absolute Gasteiger partial charge is 0.500 e. The Bertz CT molecular complexity index is 785. The van der Waals surface area contributed by atoms with E-state index in [4.69, 9.17) is 22.8 Å². The molecule has 0 aromatic heterocycles. The Morgan fingerprint density at radius 3 is 2.17 bits per heavy atom. The third-order valence-corrected chi connectivity index (χ3v) is 8.35. The van der Waals surface area contributed by atoms with Gasteiger partial charge in [0, 0.05) is 32.4 Å². The van der Waals surface area contributed by atoms with Crippen molar-refractivity contribution < 1.29 is 37.4 Å². The lowest BCUT2D eigenvalue weighted by Gasteiger charge is -2.28. The number of nitrogens with one attached hydrogen (secondary N) is 1. The molecule has 0 aliphatic rings. The van der Waals surface area contributed by atoms with E-state index in [1.54, 1.807) is 0 Å². The highest BCUT2D eigenvalue weighted by atomic mass is 28.4. The summed E-state index contributed by atoms with van der Waals surface area (Å²) in [6, 6.07) is 6.17. The van der Waals surface area contributed by atoms with Gasteiger partial charge in [0.1, 0.15) is 5.75 Å². The fourth-order valence-electron chi connectivity index (χ4n) is 3.54. The average molecular weight is 525 g/mol. The first kappa shape index (κ1) is 31.6. The molecule has 10 heteroatoms. The molecule has 0 heterocycles. The fraction of sp³-hybridized carbons (Fsp3) is 0.615. The van der Waals surface area contributed by atoms with Crippen molar-refractivity contribution in [2.45, 2.75) is 65.8 Å². The number of carbonyl (C=O) groups excluding carboxylic acids is 2. The number of benzene rings is 1. The summed E-state index contributed by atoms with van der Waals surface area (Å²) in [7, 11) is -2.68. The first-order chi connectivity index (χ1) is 17.4. The van der Waals surface area contributed by atoms with Gasteiger partial charge in [0.2, 0.25) is 0 Å². The molecule has 0 atom stereocenters. The van der Waals surface area contributed by atoms with E-state index < -0.39 is 20.9 Å². The molecule has 36 heavy (non-hydrogen) atoms. The SMILES string of the molecule is CCO[Si](CCCNC(=O)OCCCCCCOc1ccc(/C=C/C(=O)[O-])c(C)c1)(OCC)OCC. The number of aliphatic carboxylic acids is 1. The molecule has 0 saturated carbocycles. The van der Waals surface area contributed by atoms with Gasteiger partial charge in [0.25, 0.3) is 0 Å². The Balaban J connectivity index is 2.13. The fourth-order valence-corrected chi connectivity index (χ4v) is 6.16. The number of rotatable bonds is 20. The highest BCUT2D eigenvalue weighted by Gasteiger charge is 2.39. The predicted molar refractivity (Wildman–Crippen MR) is 139 cm³/mol. The number of carboxylic acid groups (broad SMARTS) is 1. The molecule has 1 aromatic rings. The molecule has 0 spiro atoms. The molecule has 9 nitrogen and oxygen atoms in total. The van der Waals surface area contributed by atoms with E-state index in [2.05, 4.69) is 5.32 Å². The van der Waals surface area contributed by atoms with Gasteiger partial charge in [-0.05, 0) is 89.1 Å². The molecular formula is C26H42NO8Si-. The molecule has 0 radical (unpaired) electrons. The Morgan fingerprint density at radius 2 is 1.58 bits per heavy atom. The number of carboxylic acids is 1. The van der Waals surface area contributed by atoms with Crippen LogP contribution in [0.5, 0.6) is 5.75 Å². The summed E-state index contributed by atoms with van der Waals surface area (Å²) >= 11 is 0. The van der Waals surface area contributed by atoms with Gasteiger partial charge in [-0.3, -0.25) is 0 Å². The monoisotopic (exact) mass is 524 g/mol. The number of amides is 1. The van der Waals surface area contributed by atoms with Gasteiger partial charge >= 0.3 is 14.9 Å². The van der Waals surface area contributed by atoms with Crippen LogP contribution in [0.2, 0.25) is 6.04 Å². The normalized spacial score (nSPS) is 11.6. The number of hydrogen-bond donors (Lipinski definition) is 1. The maximum absolute atomic E-state index is 11.9. The molecule has 0 aliphatic heterocycles. The van der Waals surface area contributed by atoms with Crippen molar-refractivity contribution in [1.82, 2.24) is 5.32 Å². The number of ether oxygens (including phenoxy) is 2. The Labute approximate surface area is 216 Å². The molecule has 204 valence electrons. The second-order valence-corrected chi connectivity index (χ2v) is 10.8. The van der Waals surface area contributed by atoms with Crippen LogP contribution in [-0.4, -0.2) is 60.4 Å². The van der Waals surface area contributed by atoms with Crippen LogP contribution in [-0.2, 0) is 22.8 Å². The van der Waals surface area contributed by atoms with Crippen LogP contribution in [0.15, 0.2) is 24.3 Å². The molecule has 0 bridgehead atoms. The summed E-state index contributed by atoms with van der Waals surface area (Å²) in [5.74, 6) is -0.468. The summed E-state index contributed by atoms with van der Waals surface area (Å²) in [4.78, 5) is 22.4. The van der Waals surface area contributed by atoms with Gasteiger partial charge in [0.15, 0.2) is 0 Å². The summed E-state index contributed by atoms with van der Waals surface area (Å²) in [5, 5.41) is 13.3. The molecule has 1 aromatic carbocycles. The maximum atomic E-state index is 11.9. The number of carbonyl (C=O) groups is 2. The van der Waals surface area contributed by atoms with Gasteiger partial charge in [-0.25, -0.2) is 4.79 Å². The Morgan fingerprint density at radius 1 is 0.944 bits per heavy atom. The number of unbranched alkanes of at least 4 members (excludes halogenated alkanes) is 3. The summed E-state index contributed by atoms with van der Waals surface area (Å²) in [5.41, 5.74) is 1.74. The minimum atomic E-state index is -2.68. The minimum absolute atomic E-state index is 0.377. The summed E-state index contributed by atoms with van der Waals surface area (Å²) < 4.78 is 28.4. The third-order valence-electron chi connectivity index (χ3n) is 5.20. The standard InChI is InChI=1S/C26H43NO8Si/c1-5-33-36(34-6-2,35-7-3)20-12-17-27-26(30)32-19-11-9-8-10-18-31-24-15-13-23(22(4)21-24)14-16-25(28)29/h13-16,21H,5-12,17-20H2,1-4H3,(H,27,30)(H,28,29)/p-1/b16-14+. The van der Waals surface area contributed by atoms with Crippen molar-refractivity contribution in [2.24, 2.45) is 0 Å². The van der Waals surface area contributed by atoms with Crippen molar-refractivity contribution in [3.05, 3.63) is 35.4 Å². The maximum Gasteiger partial charge on any atom is 0.500 e. The third kappa shape index (κ3) is 13.6. The van der Waals surface area contributed by atoms with E-state index in [0.717, 1.165) is 48.6 Å². The van der Waals surface area contributed by atoms with Crippen LogP contribution in [0, 0.1) is 6.92 Å². The van der Waals surface area contributed by atoms with Crippen molar-refractivity contribution in [3.63, 3.8) is 0 Å². The van der Waals surface area contributed by atoms with Gasteiger partial charge in [-0.1, -0.05) is 12.1 Å². The van der Waals surface area contributed by atoms with Gasteiger partial charge in [-0.2, -0.15) is 0 Å². The molecule has 1 rings (SSSR count). The lowest BCUT2D eigenvalue weighted by Crippen LogP contribution is -2.46. The van der Waals surface area contributed by atoms with E-state index in [1.807, 2.05) is 45.9 Å². The minimum Gasteiger partial charge on any atom is -0.545 e. The van der Waals surface area contributed by atoms with Crippen LogP contribution in [0.25, 0.3) is 6.08 Å². The first-order valence-electron chi connectivity index (χ1n) is 12.8. The second kappa shape index (κ2) is 18.8. The lowest BCUT2D eigenvalue weighted by molar-refractivity contribution is -0.297. The lowest BCUT2D eigenvalue weighted by atomic mass is 10.1. The zero-order chi connectivity index (χ0) is 26.7. The average Bonchev–Trinajstić information content (AvgIpc) is 2.83. The van der Waals surface area contributed by atoms with Crippen LogP contribution in [0.3, 0.4) is 0 Å². The highest BCUT2D eigenvalue weighted by molar-refractivity contribution is 6.60. The van der Waals surface area contributed by atoms with Gasteiger partial charge in [-0.15, -0.1) is 0 Å². The zero-order valence-electron chi connectivity index (χ0n) is 22.1. The quantitative estimate of drug-likeness (QED) is 0.155. The topological polar surface area (TPSA) is 115 Å². The molecule has 1 amide bonds. The van der Waals surface area contributed by atoms with Gasteiger partial charge in [0.05, 0.1) is 19.2 Å². The summed E-state index contributed by atoms with van der Waals surface area (Å²) in [6.07, 6.45) is 6.39. The molecule has 0 unspecified atom stereocenters. The van der Waals surface area contributed by atoms with E-state index in [1.165, 1.54) is 6.08 Å². The summed E-state index contributed by atoms with van der Waals surface area (Å²) in [6.45, 7) is 10.7. The Hall–Kier alpha value is -2.40. The van der Waals surface area contributed by atoms with Crippen LogP contribution in [0.1, 0.15) is 64.0 Å². The van der Waals surface area contributed by atoms with Crippen molar-refractivity contribution in [2.75, 3.05) is 39.6 Å². The predicted octanol–water partition coefficient (Wildman–Crippen LogP) is 3.86. The molecular weight excluding hydrogens is 482 g/mol. The second-order valence-electron chi connectivity index (χ2n) is 8.08. The molecule has 0 fully saturated rings. The largest absolute Gasteiger partial charge is 0.545 e. The van der Waals surface area contributed by atoms with Crippen molar-refractivity contribution >= 4 is 26.9 Å². The van der Waals surface area contributed by atoms with Gasteiger partial charge < -0.3 is 38.0 Å². The highest BCUT2D eigenvalue weighted by Crippen LogP contribution is 2.19. The molecule has 0 aliphatic carbocycles. The molecule has 1 N–H and O–H groups in total. The number of aryl methyl sites for hydroxylation is 1. The van der Waals surface area contributed by atoms with E-state index in [0.29, 0.717) is 52.0 Å². The van der Waals surface area contributed by atoms with E-state index >= 15 is 0 Å². The van der Waals surface area contributed by atoms with Crippen LogP contribution in [0.4, 0.5) is 4.79 Å². The van der Waals surface area contributed by atoms with E-state index in [9.17, 15) is 14.7 Å². The Kier molecular flexibility index (Phi) is 16.5. The van der Waals surface area contributed by atoms with Crippen LogP contribution >= 0.6 is 0 Å². The number of alkyl carbamates (subject to hydrolysis) is 1. The zero-order valence-corrected chi connectivity index (χ0v) is 23.1. The van der Waals surface area contributed by atoms with Crippen LogP contribution < -0.4 is 15.2 Å². The van der Waals surface area contributed by atoms with E-state index in [-0.39, 0.29) is 0 Å². The van der Waals surface area contributed by atoms with Crippen molar-refractivity contribution in [3.8, 4) is 5.75 Å². The number of hydrogen-bond acceptors (Lipinski definition) is 8. The molecule has 0 saturated heterocycles.